The number of Topliss-reactive ketones (excluding diaryl/α,β-unsaturated/α-hetero) is 1. The van der Waals surface area contributed by atoms with E-state index in [0.717, 1.165) is 21.6 Å². The first kappa shape index (κ1) is 26.6. The molecule has 0 aromatic heterocycles. The van der Waals surface area contributed by atoms with Crippen molar-refractivity contribution in [3.63, 3.8) is 0 Å². The summed E-state index contributed by atoms with van der Waals surface area (Å²) in [5, 5.41) is 5.64. The molecule has 0 heterocycles. The standard InChI is InChI=1S/C32H28N2O3S/c1-22-14-16-25(17-15-22)30(35)21-38-28-13-7-12-27(20-28)33-32(37)29(19-24-9-6-8-23(2)18-24)34-31(36)26-10-4-3-5-11-26/h3-20H,21H2,1-2H3,(H,33,37)(H,34,36)/b29-19-. The largest absolute Gasteiger partial charge is 0.321 e. The van der Waals surface area contributed by atoms with Crippen molar-refractivity contribution in [2.45, 2.75) is 18.7 Å². The van der Waals surface area contributed by atoms with Crippen LogP contribution in [0.15, 0.2) is 114 Å². The number of anilines is 1. The number of hydrogen-bond donors (Lipinski definition) is 2. The SMILES string of the molecule is Cc1ccc(C(=O)CSc2cccc(NC(=O)/C(=C/c3cccc(C)c3)NC(=O)c3ccccc3)c2)cc1. The van der Waals surface area contributed by atoms with Crippen LogP contribution in [-0.2, 0) is 4.79 Å². The number of nitrogens with one attached hydrogen (secondary N) is 2. The Labute approximate surface area is 227 Å². The minimum atomic E-state index is -0.450. The number of aryl methyl sites for hydroxylation is 2. The summed E-state index contributed by atoms with van der Waals surface area (Å²) in [6.07, 6.45) is 1.65. The Morgan fingerprint density at radius 3 is 2.21 bits per heavy atom. The fourth-order valence-corrected chi connectivity index (χ4v) is 4.55. The van der Waals surface area contributed by atoms with Crippen LogP contribution in [0.5, 0.6) is 0 Å². The summed E-state index contributed by atoms with van der Waals surface area (Å²) in [5.41, 5.74) is 4.75. The molecule has 0 radical (unpaired) electrons. The first-order valence-corrected chi connectivity index (χ1v) is 13.1. The first-order chi connectivity index (χ1) is 18.4. The lowest BCUT2D eigenvalue weighted by molar-refractivity contribution is -0.113. The van der Waals surface area contributed by atoms with E-state index in [9.17, 15) is 14.4 Å². The molecule has 0 saturated heterocycles. The van der Waals surface area contributed by atoms with Gasteiger partial charge in [-0.2, -0.15) is 0 Å². The Morgan fingerprint density at radius 2 is 1.47 bits per heavy atom. The minimum absolute atomic E-state index is 0.0384. The van der Waals surface area contributed by atoms with Crippen LogP contribution >= 0.6 is 11.8 Å². The molecule has 4 rings (SSSR count). The van der Waals surface area contributed by atoms with Crippen LogP contribution in [0.25, 0.3) is 6.08 Å². The second-order valence-corrected chi connectivity index (χ2v) is 9.90. The molecule has 0 bridgehead atoms. The third-order valence-corrected chi connectivity index (χ3v) is 6.71. The van der Waals surface area contributed by atoms with E-state index in [1.807, 2.05) is 86.6 Å². The molecule has 0 fully saturated rings. The van der Waals surface area contributed by atoms with Crippen molar-refractivity contribution in [2.24, 2.45) is 0 Å². The molecule has 0 spiro atoms. The normalized spacial score (nSPS) is 11.1. The van der Waals surface area contributed by atoms with Gasteiger partial charge >= 0.3 is 0 Å². The van der Waals surface area contributed by atoms with Crippen LogP contribution in [0.1, 0.15) is 37.4 Å². The van der Waals surface area contributed by atoms with Crippen molar-refractivity contribution in [1.29, 1.82) is 0 Å². The second-order valence-electron chi connectivity index (χ2n) is 8.85. The topological polar surface area (TPSA) is 75.3 Å². The predicted octanol–water partition coefficient (Wildman–Crippen LogP) is 6.69. The smallest absolute Gasteiger partial charge is 0.272 e. The maximum absolute atomic E-state index is 13.3. The summed E-state index contributed by atoms with van der Waals surface area (Å²) >= 11 is 1.40. The molecular formula is C32H28N2O3S. The summed E-state index contributed by atoms with van der Waals surface area (Å²) in [7, 11) is 0. The van der Waals surface area contributed by atoms with Crippen molar-refractivity contribution in [3.8, 4) is 0 Å². The van der Waals surface area contributed by atoms with E-state index in [1.165, 1.54) is 11.8 Å². The van der Waals surface area contributed by atoms with E-state index in [-0.39, 0.29) is 23.1 Å². The van der Waals surface area contributed by atoms with E-state index in [1.54, 1.807) is 36.4 Å². The molecule has 0 aliphatic rings. The number of carbonyl (C=O) groups excluding carboxylic acids is 3. The fraction of sp³-hybridized carbons (Fsp3) is 0.0938. The van der Waals surface area contributed by atoms with Crippen LogP contribution in [-0.4, -0.2) is 23.4 Å². The van der Waals surface area contributed by atoms with Gasteiger partial charge in [0.1, 0.15) is 5.70 Å². The van der Waals surface area contributed by atoms with Gasteiger partial charge in [-0.05, 0) is 55.8 Å². The molecule has 4 aromatic rings. The molecule has 0 aliphatic heterocycles. The van der Waals surface area contributed by atoms with E-state index < -0.39 is 5.91 Å². The molecular weight excluding hydrogens is 492 g/mol. The summed E-state index contributed by atoms with van der Waals surface area (Å²) in [6, 6.07) is 31.2. The van der Waals surface area contributed by atoms with Crippen LogP contribution in [0, 0.1) is 13.8 Å². The maximum Gasteiger partial charge on any atom is 0.272 e. The van der Waals surface area contributed by atoms with Gasteiger partial charge in [-0.25, -0.2) is 0 Å². The van der Waals surface area contributed by atoms with Crippen LogP contribution in [0.4, 0.5) is 5.69 Å². The van der Waals surface area contributed by atoms with Crippen molar-refractivity contribution in [2.75, 3.05) is 11.1 Å². The molecule has 0 saturated carbocycles. The summed E-state index contributed by atoms with van der Waals surface area (Å²) in [6.45, 7) is 3.95. The number of rotatable bonds is 9. The highest BCUT2D eigenvalue weighted by Gasteiger charge is 2.15. The molecule has 4 aromatic carbocycles. The molecule has 38 heavy (non-hydrogen) atoms. The third-order valence-electron chi connectivity index (χ3n) is 5.72. The van der Waals surface area contributed by atoms with E-state index in [2.05, 4.69) is 10.6 Å². The summed E-state index contributed by atoms with van der Waals surface area (Å²) < 4.78 is 0. The summed E-state index contributed by atoms with van der Waals surface area (Å²) in [4.78, 5) is 39.6. The van der Waals surface area contributed by atoms with Crippen LogP contribution in [0.3, 0.4) is 0 Å². The zero-order chi connectivity index (χ0) is 26.9. The molecule has 0 unspecified atom stereocenters. The Balaban J connectivity index is 1.49. The zero-order valence-electron chi connectivity index (χ0n) is 21.2. The van der Waals surface area contributed by atoms with Gasteiger partial charge in [0.2, 0.25) is 0 Å². The van der Waals surface area contributed by atoms with Gasteiger partial charge in [-0.15, -0.1) is 11.8 Å². The Hall–Kier alpha value is -4.42. The molecule has 2 amide bonds. The quantitative estimate of drug-likeness (QED) is 0.147. The average molecular weight is 521 g/mol. The van der Waals surface area contributed by atoms with Gasteiger partial charge in [0.05, 0.1) is 5.75 Å². The third kappa shape index (κ3) is 7.54. The number of benzene rings is 4. The molecule has 0 atom stereocenters. The Kier molecular flexibility index (Phi) is 8.90. The number of thioether (sulfide) groups is 1. The average Bonchev–Trinajstić information content (AvgIpc) is 2.92. The van der Waals surface area contributed by atoms with Crippen LogP contribution < -0.4 is 10.6 Å². The van der Waals surface area contributed by atoms with Crippen molar-refractivity contribution in [3.05, 3.63) is 137 Å². The molecule has 0 aliphatic carbocycles. The highest BCUT2D eigenvalue weighted by molar-refractivity contribution is 8.00. The Bertz CT molecular complexity index is 1480. The van der Waals surface area contributed by atoms with Gasteiger partial charge in [0.25, 0.3) is 11.8 Å². The highest BCUT2D eigenvalue weighted by atomic mass is 32.2. The number of ketones is 1. The lowest BCUT2D eigenvalue weighted by atomic mass is 10.1. The first-order valence-electron chi connectivity index (χ1n) is 12.2. The zero-order valence-corrected chi connectivity index (χ0v) is 22.0. The van der Waals surface area contributed by atoms with Gasteiger partial charge < -0.3 is 10.6 Å². The monoisotopic (exact) mass is 520 g/mol. The number of carbonyl (C=O) groups is 3. The predicted molar refractivity (Wildman–Crippen MR) is 154 cm³/mol. The lowest BCUT2D eigenvalue weighted by Gasteiger charge is -2.12. The lowest BCUT2D eigenvalue weighted by Crippen LogP contribution is -2.30. The molecule has 6 heteroatoms. The van der Waals surface area contributed by atoms with E-state index >= 15 is 0 Å². The second kappa shape index (κ2) is 12.7. The molecule has 190 valence electrons. The highest BCUT2D eigenvalue weighted by Crippen LogP contribution is 2.23. The van der Waals surface area contributed by atoms with Crippen molar-refractivity contribution < 1.29 is 14.4 Å². The van der Waals surface area contributed by atoms with Gasteiger partial charge in [0.15, 0.2) is 5.78 Å². The van der Waals surface area contributed by atoms with Gasteiger partial charge in [-0.3, -0.25) is 14.4 Å². The van der Waals surface area contributed by atoms with E-state index in [4.69, 9.17) is 0 Å². The summed E-state index contributed by atoms with van der Waals surface area (Å²) in [5.74, 6) is -0.504. The fourth-order valence-electron chi connectivity index (χ4n) is 3.70. The molecule has 2 N–H and O–H groups in total. The van der Waals surface area contributed by atoms with Crippen molar-refractivity contribution >= 4 is 41.1 Å². The van der Waals surface area contributed by atoms with E-state index in [0.29, 0.717) is 16.8 Å². The van der Waals surface area contributed by atoms with Crippen molar-refractivity contribution in [1.82, 2.24) is 5.32 Å². The van der Waals surface area contributed by atoms with Crippen LogP contribution in [0.2, 0.25) is 0 Å². The Morgan fingerprint density at radius 1 is 0.737 bits per heavy atom. The number of amides is 2. The van der Waals surface area contributed by atoms with Gasteiger partial charge in [0, 0.05) is 21.7 Å². The minimum Gasteiger partial charge on any atom is -0.321 e. The number of hydrogen-bond acceptors (Lipinski definition) is 4. The molecule has 5 nitrogen and oxygen atoms in total. The maximum atomic E-state index is 13.3. The van der Waals surface area contributed by atoms with Gasteiger partial charge in [-0.1, -0.05) is 83.9 Å².